The molecule has 0 amide bonds. The molecule has 0 saturated carbocycles. The van der Waals surface area contributed by atoms with Crippen LogP contribution in [-0.4, -0.2) is 44.7 Å². The minimum absolute atomic E-state index is 0.269. The fourth-order valence-corrected chi connectivity index (χ4v) is 1.46. The highest BCUT2D eigenvalue weighted by molar-refractivity contribution is 5.90. The van der Waals surface area contributed by atoms with Gasteiger partial charge in [0.05, 0.1) is 33.4 Å². The number of esters is 2. The normalized spacial score (nSPS) is 10.4. The molecule has 100 valence electrons. The smallest absolute Gasteiger partial charge is 0.341 e. The number of hydrogen-bond donors (Lipinski definition) is 0. The summed E-state index contributed by atoms with van der Waals surface area (Å²) in [6.07, 6.45) is 1.73. The van der Waals surface area contributed by atoms with Crippen molar-refractivity contribution < 1.29 is 23.5 Å². The third-order valence-electron chi connectivity index (χ3n) is 2.49. The molecule has 0 spiro atoms. The molecule has 0 N–H and O–H groups in total. The molecule has 0 bridgehead atoms. The van der Waals surface area contributed by atoms with Gasteiger partial charge in [-0.2, -0.15) is 0 Å². The maximum Gasteiger partial charge on any atom is 0.341 e. The van der Waals surface area contributed by atoms with Crippen LogP contribution in [0.4, 0.5) is 0 Å². The second kappa shape index (κ2) is 6.80. The number of methoxy groups -OCH3 is 2. The number of rotatable bonds is 6. The lowest BCUT2D eigenvalue weighted by molar-refractivity contribution is -0.140. The van der Waals surface area contributed by atoms with Gasteiger partial charge in [0, 0.05) is 6.54 Å². The first-order valence-corrected chi connectivity index (χ1v) is 5.48. The van der Waals surface area contributed by atoms with Gasteiger partial charge in [0.1, 0.15) is 11.3 Å². The second-order valence-corrected chi connectivity index (χ2v) is 3.81. The van der Waals surface area contributed by atoms with Gasteiger partial charge in [0.2, 0.25) is 0 Å². The van der Waals surface area contributed by atoms with Crippen LogP contribution < -0.4 is 0 Å². The van der Waals surface area contributed by atoms with E-state index in [0.29, 0.717) is 30.8 Å². The summed E-state index contributed by atoms with van der Waals surface area (Å²) in [6.45, 7) is 0.947. The molecule has 0 saturated heterocycles. The molecule has 6 nitrogen and oxygen atoms in total. The van der Waals surface area contributed by atoms with Crippen LogP contribution in [0.1, 0.15) is 22.5 Å². The van der Waals surface area contributed by atoms with E-state index < -0.39 is 5.97 Å². The van der Waals surface area contributed by atoms with Gasteiger partial charge < -0.3 is 13.9 Å². The lowest BCUT2D eigenvalue weighted by Crippen LogP contribution is -2.22. The number of nitrogens with zero attached hydrogens (tertiary/aromatic N) is 1. The van der Waals surface area contributed by atoms with Gasteiger partial charge >= 0.3 is 11.9 Å². The van der Waals surface area contributed by atoms with Crippen LogP contribution >= 0.6 is 0 Å². The quantitative estimate of drug-likeness (QED) is 0.708. The first-order chi connectivity index (χ1) is 8.58. The Kier molecular flexibility index (Phi) is 5.38. The second-order valence-electron chi connectivity index (χ2n) is 3.81. The number of hydrogen-bond acceptors (Lipinski definition) is 6. The largest absolute Gasteiger partial charge is 0.469 e. The van der Waals surface area contributed by atoms with Crippen LogP contribution in [0.5, 0.6) is 0 Å². The summed E-state index contributed by atoms with van der Waals surface area (Å²) in [6, 6.07) is 1.56. The van der Waals surface area contributed by atoms with Crippen LogP contribution in [0.3, 0.4) is 0 Å². The van der Waals surface area contributed by atoms with Crippen LogP contribution in [0, 0.1) is 0 Å². The van der Waals surface area contributed by atoms with E-state index >= 15 is 0 Å². The van der Waals surface area contributed by atoms with Crippen molar-refractivity contribution in [2.45, 2.75) is 13.0 Å². The van der Waals surface area contributed by atoms with Gasteiger partial charge in [0.25, 0.3) is 0 Å². The van der Waals surface area contributed by atoms with Gasteiger partial charge in [-0.1, -0.05) is 0 Å². The fraction of sp³-hybridized carbons (Fsp3) is 0.500. The van der Waals surface area contributed by atoms with E-state index in [1.54, 1.807) is 6.07 Å². The van der Waals surface area contributed by atoms with E-state index in [1.807, 2.05) is 11.9 Å². The molecule has 18 heavy (non-hydrogen) atoms. The molecule has 1 aromatic heterocycles. The zero-order valence-electron chi connectivity index (χ0n) is 10.8. The summed E-state index contributed by atoms with van der Waals surface area (Å²) >= 11 is 0. The van der Waals surface area contributed by atoms with E-state index in [1.165, 1.54) is 20.5 Å². The van der Waals surface area contributed by atoms with E-state index in [9.17, 15) is 9.59 Å². The average molecular weight is 255 g/mol. The minimum atomic E-state index is -0.430. The van der Waals surface area contributed by atoms with Gasteiger partial charge in [-0.15, -0.1) is 0 Å². The zero-order valence-corrected chi connectivity index (χ0v) is 10.8. The molecular weight excluding hydrogens is 238 g/mol. The van der Waals surface area contributed by atoms with Gasteiger partial charge in [-0.05, 0) is 13.1 Å². The monoisotopic (exact) mass is 255 g/mol. The maximum absolute atomic E-state index is 11.4. The zero-order chi connectivity index (χ0) is 13.5. The summed E-state index contributed by atoms with van der Waals surface area (Å²) < 4.78 is 14.4. The molecule has 0 aliphatic heterocycles. The summed E-state index contributed by atoms with van der Waals surface area (Å²) in [5, 5.41) is 0. The van der Waals surface area contributed by atoms with E-state index in [0.717, 1.165) is 0 Å². The van der Waals surface area contributed by atoms with Crippen LogP contribution in [0.15, 0.2) is 16.7 Å². The van der Waals surface area contributed by atoms with Crippen molar-refractivity contribution in [2.24, 2.45) is 0 Å². The molecule has 0 aliphatic carbocycles. The minimum Gasteiger partial charge on any atom is -0.469 e. The average Bonchev–Trinajstić information content (AvgIpc) is 2.82. The Labute approximate surface area is 105 Å². The number of carbonyl (C=O) groups is 2. The number of ether oxygens (including phenoxy) is 2. The topological polar surface area (TPSA) is 69.0 Å². The Morgan fingerprint density at radius 1 is 1.33 bits per heavy atom. The Hall–Kier alpha value is -1.82. The first kappa shape index (κ1) is 14.2. The van der Waals surface area contributed by atoms with E-state index in [2.05, 4.69) is 9.47 Å². The summed E-state index contributed by atoms with van der Waals surface area (Å²) in [5.41, 5.74) is 0.405. The highest BCUT2D eigenvalue weighted by Crippen LogP contribution is 2.13. The Morgan fingerprint density at radius 2 is 2.06 bits per heavy atom. The molecule has 6 heteroatoms. The SMILES string of the molecule is COC(=O)CCN(C)Cc1occc1C(=O)OC. The molecule has 0 aromatic carbocycles. The summed E-state index contributed by atoms with van der Waals surface area (Å²) in [7, 11) is 4.50. The standard InChI is InChI=1S/C12H17NO5/c1-13(6-4-11(14)16-2)8-10-9(5-7-18-10)12(15)17-3/h5,7H,4,6,8H2,1-3H3. The van der Waals surface area contributed by atoms with Crippen molar-refractivity contribution in [3.05, 3.63) is 23.7 Å². The van der Waals surface area contributed by atoms with Crippen molar-refractivity contribution in [2.75, 3.05) is 27.8 Å². The van der Waals surface area contributed by atoms with E-state index in [4.69, 9.17) is 4.42 Å². The molecule has 0 unspecified atom stereocenters. The lowest BCUT2D eigenvalue weighted by atomic mass is 10.2. The summed E-state index contributed by atoms with van der Waals surface area (Å²) in [5.74, 6) is -0.177. The Bertz CT molecular complexity index is 412. The van der Waals surface area contributed by atoms with Crippen LogP contribution in [0.2, 0.25) is 0 Å². The first-order valence-electron chi connectivity index (χ1n) is 5.48. The van der Waals surface area contributed by atoms with Gasteiger partial charge in [0.15, 0.2) is 0 Å². The Balaban J connectivity index is 2.54. The Morgan fingerprint density at radius 3 is 2.67 bits per heavy atom. The number of furan rings is 1. The predicted molar refractivity (Wildman–Crippen MR) is 63.0 cm³/mol. The maximum atomic E-state index is 11.4. The highest BCUT2D eigenvalue weighted by Gasteiger charge is 2.16. The predicted octanol–water partition coefficient (Wildman–Crippen LogP) is 1.06. The molecule has 1 rings (SSSR count). The molecule has 1 heterocycles. The molecular formula is C12H17NO5. The van der Waals surface area contributed by atoms with E-state index in [-0.39, 0.29) is 5.97 Å². The molecule has 1 aromatic rings. The molecule has 0 atom stereocenters. The molecule has 0 aliphatic rings. The van der Waals surface area contributed by atoms with Crippen molar-refractivity contribution in [1.29, 1.82) is 0 Å². The third kappa shape index (κ3) is 3.89. The van der Waals surface area contributed by atoms with Crippen molar-refractivity contribution in [1.82, 2.24) is 4.90 Å². The van der Waals surface area contributed by atoms with Gasteiger partial charge in [-0.25, -0.2) is 4.79 Å². The fourth-order valence-electron chi connectivity index (χ4n) is 1.46. The van der Waals surface area contributed by atoms with Crippen LogP contribution in [0.25, 0.3) is 0 Å². The molecule has 0 fully saturated rings. The van der Waals surface area contributed by atoms with Crippen LogP contribution in [-0.2, 0) is 20.8 Å². The molecule has 0 radical (unpaired) electrons. The highest BCUT2D eigenvalue weighted by atomic mass is 16.5. The summed E-state index contributed by atoms with van der Waals surface area (Å²) in [4.78, 5) is 24.3. The van der Waals surface area contributed by atoms with Crippen molar-refractivity contribution in [3.8, 4) is 0 Å². The lowest BCUT2D eigenvalue weighted by Gasteiger charge is -2.14. The van der Waals surface area contributed by atoms with Gasteiger partial charge in [-0.3, -0.25) is 9.69 Å². The van der Waals surface area contributed by atoms with Crippen molar-refractivity contribution >= 4 is 11.9 Å². The number of carbonyl (C=O) groups excluding carboxylic acids is 2. The third-order valence-corrected chi connectivity index (χ3v) is 2.49. The van der Waals surface area contributed by atoms with Crippen molar-refractivity contribution in [3.63, 3.8) is 0 Å².